The number of hydrogen-bond donors (Lipinski definition) is 1. The largest absolute Gasteiger partial charge is 0.490 e. The monoisotopic (exact) mass is 477 g/mol. The van der Waals surface area contributed by atoms with Crippen molar-refractivity contribution in [2.24, 2.45) is 0 Å². The minimum atomic E-state index is -0.721. The maximum absolute atomic E-state index is 12.6. The molecule has 3 aromatic rings. The highest BCUT2D eigenvalue weighted by atomic mass is 35.5. The second kappa shape index (κ2) is 11.5. The van der Waals surface area contributed by atoms with E-state index in [-0.39, 0.29) is 28.6 Å². The lowest BCUT2D eigenvalue weighted by atomic mass is 10.1. The van der Waals surface area contributed by atoms with Gasteiger partial charge in [0, 0.05) is 17.8 Å². The van der Waals surface area contributed by atoms with E-state index in [0.717, 1.165) is 5.56 Å². The van der Waals surface area contributed by atoms with Crippen LogP contribution < -0.4 is 14.8 Å². The van der Waals surface area contributed by atoms with Crippen LogP contribution in [-0.2, 0) is 11.4 Å². The molecule has 172 valence electrons. The highest BCUT2D eigenvalue weighted by molar-refractivity contribution is 6.32. The second-order valence-corrected chi connectivity index (χ2v) is 7.38. The number of carbonyl (C=O) groups is 1. The van der Waals surface area contributed by atoms with Crippen molar-refractivity contribution in [3.8, 4) is 17.6 Å². The summed E-state index contributed by atoms with van der Waals surface area (Å²) in [6.07, 6.45) is 1.35. The number of nitrogens with zero attached hydrogens (tertiary/aromatic N) is 2. The maximum atomic E-state index is 12.6. The van der Waals surface area contributed by atoms with Crippen LogP contribution in [0.1, 0.15) is 18.1 Å². The second-order valence-electron chi connectivity index (χ2n) is 6.97. The van der Waals surface area contributed by atoms with Crippen LogP contribution in [0.3, 0.4) is 0 Å². The third kappa shape index (κ3) is 6.34. The molecule has 0 atom stereocenters. The molecule has 0 radical (unpaired) electrons. The lowest BCUT2D eigenvalue weighted by Gasteiger charge is -2.15. The van der Waals surface area contributed by atoms with E-state index in [2.05, 4.69) is 5.32 Å². The summed E-state index contributed by atoms with van der Waals surface area (Å²) in [6, 6.07) is 20.0. The zero-order valence-corrected chi connectivity index (χ0v) is 18.9. The van der Waals surface area contributed by atoms with Crippen molar-refractivity contribution in [2.75, 3.05) is 11.9 Å². The fourth-order valence-corrected chi connectivity index (χ4v) is 3.29. The van der Waals surface area contributed by atoms with Gasteiger partial charge in [-0.15, -0.1) is 0 Å². The SMILES string of the molecule is CCOc1cc(/C=C(\C#N)C(=O)Nc2cccc([N+](=O)[O-])c2)cc(Cl)c1OCc1ccccc1. The number of anilines is 1. The van der Waals surface area contributed by atoms with E-state index in [9.17, 15) is 20.2 Å². The predicted molar refractivity (Wildman–Crippen MR) is 129 cm³/mol. The maximum Gasteiger partial charge on any atom is 0.271 e. The van der Waals surface area contributed by atoms with Crippen molar-refractivity contribution in [3.63, 3.8) is 0 Å². The Balaban J connectivity index is 1.84. The Morgan fingerprint density at radius 2 is 1.91 bits per heavy atom. The summed E-state index contributed by atoms with van der Waals surface area (Å²) >= 11 is 6.44. The van der Waals surface area contributed by atoms with Gasteiger partial charge in [0.1, 0.15) is 18.2 Å². The number of halogens is 1. The van der Waals surface area contributed by atoms with Crippen LogP contribution in [0.4, 0.5) is 11.4 Å². The van der Waals surface area contributed by atoms with Crippen LogP contribution in [0, 0.1) is 21.4 Å². The molecule has 0 aliphatic carbocycles. The summed E-state index contributed by atoms with van der Waals surface area (Å²) < 4.78 is 11.5. The lowest BCUT2D eigenvalue weighted by Crippen LogP contribution is -2.13. The molecule has 1 amide bonds. The molecule has 8 nitrogen and oxygen atoms in total. The third-order valence-corrected chi connectivity index (χ3v) is 4.83. The van der Waals surface area contributed by atoms with Gasteiger partial charge in [-0.1, -0.05) is 48.0 Å². The summed E-state index contributed by atoms with van der Waals surface area (Å²) in [5, 5.41) is 23.2. The molecular formula is C25H20ClN3O5. The van der Waals surface area contributed by atoms with E-state index in [4.69, 9.17) is 21.1 Å². The Morgan fingerprint density at radius 3 is 2.59 bits per heavy atom. The predicted octanol–water partition coefficient (Wildman–Crippen LogP) is 5.77. The molecule has 3 aromatic carbocycles. The Hall–Kier alpha value is -4.35. The van der Waals surface area contributed by atoms with E-state index < -0.39 is 10.8 Å². The summed E-state index contributed by atoms with van der Waals surface area (Å²) in [5.74, 6) is -0.000813. The zero-order valence-electron chi connectivity index (χ0n) is 18.2. The van der Waals surface area contributed by atoms with E-state index in [0.29, 0.717) is 23.7 Å². The molecule has 0 heterocycles. The number of nitrogens with one attached hydrogen (secondary N) is 1. The molecular weight excluding hydrogens is 458 g/mol. The normalized spacial score (nSPS) is 10.8. The topological polar surface area (TPSA) is 114 Å². The Bertz CT molecular complexity index is 1270. The molecule has 0 saturated heterocycles. The molecule has 0 saturated carbocycles. The van der Waals surface area contributed by atoms with Gasteiger partial charge in [0.15, 0.2) is 11.5 Å². The third-order valence-electron chi connectivity index (χ3n) is 4.55. The summed E-state index contributed by atoms with van der Waals surface area (Å²) in [6.45, 7) is 2.44. The average Bonchev–Trinajstić information content (AvgIpc) is 2.83. The molecule has 0 spiro atoms. The smallest absolute Gasteiger partial charge is 0.271 e. The first-order valence-corrected chi connectivity index (χ1v) is 10.6. The molecule has 0 bridgehead atoms. The van der Waals surface area contributed by atoms with E-state index in [1.807, 2.05) is 43.3 Å². The molecule has 0 fully saturated rings. The number of hydrogen-bond acceptors (Lipinski definition) is 6. The molecule has 1 N–H and O–H groups in total. The number of rotatable bonds is 9. The summed E-state index contributed by atoms with van der Waals surface area (Å²) in [5.41, 5.74) is 1.20. The van der Waals surface area contributed by atoms with Crippen LogP contribution in [0.2, 0.25) is 5.02 Å². The highest BCUT2D eigenvalue weighted by Gasteiger charge is 2.16. The molecule has 34 heavy (non-hydrogen) atoms. The van der Waals surface area contributed by atoms with Crippen LogP contribution >= 0.6 is 11.6 Å². The first kappa shape index (κ1) is 24.3. The number of amides is 1. The standard InChI is InChI=1S/C25H20ClN3O5/c1-2-33-23-13-18(12-22(26)24(23)34-16-17-7-4-3-5-8-17)11-19(15-27)25(30)28-20-9-6-10-21(14-20)29(31)32/h3-14H,2,16H2,1H3,(H,28,30)/b19-11+. The van der Waals surface area contributed by atoms with Gasteiger partial charge in [-0.05, 0) is 42.3 Å². The minimum absolute atomic E-state index is 0.181. The number of nitriles is 1. The number of nitro groups is 1. The lowest BCUT2D eigenvalue weighted by molar-refractivity contribution is -0.384. The number of ether oxygens (including phenoxy) is 2. The van der Waals surface area contributed by atoms with Crippen molar-refractivity contribution in [1.82, 2.24) is 0 Å². The van der Waals surface area contributed by atoms with Crippen molar-refractivity contribution >= 4 is 35.0 Å². The van der Waals surface area contributed by atoms with Crippen LogP contribution in [-0.4, -0.2) is 17.4 Å². The zero-order chi connectivity index (χ0) is 24.5. The van der Waals surface area contributed by atoms with Gasteiger partial charge in [0.25, 0.3) is 11.6 Å². The van der Waals surface area contributed by atoms with Crippen LogP contribution in [0.15, 0.2) is 72.3 Å². The van der Waals surface area contributed by atoms with E-state index >= 15 is 0 Å². The fraction of sp³-hybridized carbons (Fsp3) is 0.120. The molecule has 0 aliphatic rings. The van der Waals surface area contributed by atoms with Gasteiger partial charge in [-0.25, -0.2) is 0 Å². The van der Waals surface area contributed by atoms with Gasteiger partial charge >= 0.3 is 0 Å². The average molecular weight is 478 g/mol. The minimum Gasteiger partial charge on any atom is -0.490 e. The quantitative estimate of drug-likeness (QED) is 0.181. The highest BCUT2D eigenvalue weighted by Crippen LogP contribution is 2.38. The van der Waals surface area contributed by atoms with Crippen molar-refractivity contribution < 1.29 is 19.2 Å². The van der Waals surface area contributed by atoms with E-state index in [1.54, 1.807) is 12.1 Å². The van der Waals surface area contributed by atoms with Crippen LogP contribution in [0.5, 0.6) is 11.5 Å². The fourth-order valence-electron chi connectivity index (χ4n) is 3.01. The van der Waals surface area contributed by atoms with Crippen molar-refractivity contribution in [3.05, 3.63) is 98.6 Å². The van der Waals surface area contributed by atoms with Gasteiger partial charge in [0.2, 0.25) is 0 Å². The number of carbonyl (C=O) groups excluding carboxylic acids is 1. The molecule has 0 aliphatic heterocycles. The Labute approximate surface area is 201 Å². The summed E-state index contributed by atoms with van der Waals surface area (Å²) in [4.78, 5) is 23.0. The number of benzene rings is 3. The first-order valence-electron chi connectivity index (χ1n) is 10.2. The molecule has 0 unspecified atom stereocenters. The van der Waals surface area contributed by atoms with Gasteiger partial charge in [-0.3, -0.25) is 14.9 Å². The van der Waals surface area contributed by atoms with Gasteiger partial charge in [-0.2, -0.15) is 5.26 Å². The Morgan fingerprint density at radius 1 is 1.15 bits per heavy atom. The molecule has 0 aromatic heterocycles. The molecule has 3 rings (SSSR count). The first-order chi connectivity index (χ1) is 16.4. The van der Waals surface area contributed by atoms with Crippen molar-refractivity contribution in [1.29, 1.82) is 5.26 Å². The van der Waals surface area contributed by atoms with Gasteiger partial charge < -0.3 is 14.8 Å². The number of nitro benzene ring substituents is 1. The van der Waals surface area contributed by atoms with Crippen LogP contribution in [0.25, 0.3) is 6.08 Å². The van der Waals surface area contributed by atoms with E-state index in [1.165, 1.54) is 30.3 Å². The molecule has 9 heteroatoms. The summed E-state index contributed by atoms with van der Waals surface area (Å²) in [7, 11) is 0. The van der Waals surface area contributed by atoms with Gasteiger partial charge in [0.05, 0.1) is 16.6 Å². The Kier molecular flexibility index (Phi) is 8.21. The number of non-ortho nitro benzene ring substituents is 1. The van der Waals surface area contributed by atoms with Crippen molar-refractivity contribution in [2.45, 2.75) is 13.5 Å².